The second-order valence-electron chi connectivity index (χ2n) is 3.14. The standard InChI is InChI=1S/H2O32S8/c1-11-18-33(3)20-13-22-35(5)24-15-25-37(7)27-17-29-39(9)32-40(10)31-30-38(8)28-16-26-36(6)23-14-21-34(4)19-12-2/h1-2H. The molecule has 0 amide bonds. The molecule has 0 aliphatic carbocycles. The van der Waals surface area contributed by atoms with Crippen molar-refractivity contribution in [3.8, 4) is 0 Å². The van der Waals surface area contributed by atoms with Crippen LogP contribution in [0.15, 0.2) is 0 Å². The van der Waals surface area contributed by atoms with Gasteiger partial charge in [0.1, 0.15) is 0 Å². The van der Waals surface area contributed by atoms with Gasteiger partial charge < -0.3 is 0 Å². The lowest BCUT2D eigenvalue weighted by atomic mass is 14.5. The zero-order chi connectivity index (χ0) is 30.2. The van der Waals surface area contributed by atoms with E-state index in [1.807, 2.05) is 0 Å². The van der Waals surface area contributed by atoms with Crippen molar-refractivity contribution in [2.75, 3.05) is 0 Å². The Labute approximate surface area is 234 Å². The van der Waals surface area contributed by atoms with Gasteiger partial charge in [0.2, 0.25) is 0 Å². The van der Waals surface area contributed by atoms with Crippen LogP contribution in [0.1, 0.15) is 0 Å². The lowest BCUT2D eigenvalue weighted by Crippen LogP contribution is -2.13. The number of rotatable bonds is 29. The Kier molecular flexibility index (Phi) is 27.0. The molecule has 0 aromatic carbocycles. The Morgan fingerprint density at radius 2 is 0.475 bits per heavy atom. The molecule has 0 aromatic rings. The molecule has 2 N–H and O–H groups in total. The number of hydrogen-bond donors (Lipinski definition) is 2. The third-order valence-corrected chi connectivity index (χ3v) is 4.60. The molecule has 40 heavy (non-hydrogen) atoms. The van der Waals surface area contributed by atoms with Gasteiger partial charge in [-0.3, -0.25) is 0 Å². The molecule has 0 aliphatic rings. The van der Waals surface area contributed by atoms with E-state index in [0.717, 1.165) is 0 Å². The average Bonchev–Trinajstić information content (AvgIpc) is 2.87. The van der Waals surface area contributed by atoms with E-state index in [1.54, 1.807) is 0 Å². The van der Waals surface area contributed by atoms with Crippen LogP contribution in [0.25, 0.3) is 0 Å². The summed E-state index contributed by atoms with van der Waals surface area (Å²) in [6, 6.07) is 0. The first kappa shape index (κ1) is 40.2. The minimum Gasteiger partial charge on any atom is -0.220 e. The van der Waals surface area contributed by atoms with Crippen molar-refractivity contribution in [3.63, 3.8) is 0 Å². The molecule has 0 fully saturated rings. The first-order valence-electron chi connectivity index (χ1n) is 6.53. The summed E-state index contributed by atoms with van der Waals surface area (Å²) < 4.78 is 141. The number of hydrogen-bond acceptors (Lipinski definition) is 32. The Balaban J connectivity index is 3.83. The summed E-state index contributed by atoms with van der Waals surface area (Å²) in [5, 5.41) is 38.6. The monoisotopic (exact) mass is 770 g/mol. The van der Waals surface area contributed by atoms with Gasteiger partial charge in [0, 0.05) is 0 Å². The fourth-order valence-corrected chi connectivity index (χ4v) is 2.56. The Hall–Kier alpha value is 0.240. The van der Waals surface area contributed by atoms with Crippen LogP contribution in [0, 0.1) is 0 Å². The Morgan fingerprint density at radius 3 is 0.775 bits per heavy atom. The molecular weight excluding hydrogens is 769 g/mol. The molecule has 0 aliphatic heterocycles. The highest BCUT2D eigenvalue weighted by Crippen LogP contribution is 2.04. The van der Waals surface area contributed by atoms with Gasteiger partial charge in [-0.05, 0) is 25.2 Å². The van der Waals surface area contributed by atoms with E-state index < -0.39 is 90.9 Å². The Bertz CT molecular complexity index is 855. The van der Waals surface area contributed by atoms with E-state index in [4.69, 9.17) is 10.5 Å². The van der Waals surface area contributed by atoms with Crippen molar-refractivity contribution >= 4 is 90.9 Å². The van der Waals surface area contributed by atoms with E-state index >= 15 is 0 Å². The van der Waals surface area contributed by atoms with Gasteiger partial charge >= 0.3 is 90.9 Å². The molecule has 0 saturated carbocycles. The maximum atomic E-state index is 11.1. The maximum Gasteiger partial charge on any atom is 0.367 e. The lowest BCUT2D eigenvalue weighted by molar-refractivity contribution is -0.465. The van der Waals surface area contributed by atoms with E-state index in [2.05, 4.69) is 99.6 Å². The molecule has 242 valence electrons. The molecular formula is H2O32S8. The first-order valence-corrected chi connectivity index (χ1v) is 14.5. The molecule has 0 spiro atoms. The quantitative estimate of drug-likeness (QED) is 0.0538. The van der Waals surface area contributed by atoms with Crippen molar-refractivity contribution in [2.24, 2.45) is 0 Å². The summed E-state index contributed by atoms with van der Waals surface area (Å²) in [4.78, 5) is 0. The molecule has 0 aromatic heterocycles. The average molecular weight is 771 g/mol. The summed E-state index contributed by atoms with van der Waals surface area (Å²) in [6.45, 7) is 0. The third kappa shape index (κ3) is 25.9. The van der Waals surface area contributed by atoms with Crippen LogP contribution in [0.5, 0.6) is 0 Å². The van der Waals surface area contributed by atoms with E-state index in [1.165, 1.54) is 0 Å². The molecule has 0 saturated heterocycles. The molecule has 0 heterocycles. The van der Waals surface area contributed by atoms with Crippen molar-refractivity contribution < 1.29 is 144 Å². The fraction of sp³-hybridized carbons (Fsp3) is 0. The lowest BCUT2D eigenvalue weighted by Gasteiger charge is -2.02. The SMILES string of the molecule is O=S(OOO)OOOS(=O)OOOS(=O)OOOS(=O)OS(=O)OOS(=O)OOOS(=O)OOOS(=O)OOO. The van der Waals surface area contributed by atoms with Crippen LogP contribution in [0.2, 0.25) is 0 Å². The molecule has 32 nitrogen and oxygen atoms in total. The van der Waals surface area contributed by atoms with Crippen molar-refractivity contribution in [1.29, 1.82) is 0 Å². The molecule has 40 heteroatoms. The second kappa shape index (κ2) is 26.8. The van der Waals surface area contributed by atoms with Gasteiger partial charge in [-0.1, -0.05) is 70.7 Å². The van der Waals surface area contributed by atoms with Crippen LogP contribution >= 0.6 is 0 Å². The first-order chi connectivity index (χ1) is 19.1. The van der Waals surface area contributed by atoms with Gasteiger partial charge in [-0.2, -0.15) is 33.7 Å². The summed E-state index contributed by atoms with van der Waals surface area (Å²) >= 11 is -24.7. The minimum absolute atomic E-state index is 2.88. The molecule has 8 atom stereocenters. The highest BCUT2D eigenvalue weighted by atomic mass is 32.3. The summed E-state index contributed by atoms with van der Waals surface area (Å²) in [5.41, 5.74) is 0. The van der Waals surface area contributed by atoms with E-state index in [9.17, 15) is 33.7 Å². The van der Waals surface area contributed by atoms with Gasteiger partial charge in [-0.15, -0.1) is 3.63 Å². The smallest absolute Gasteiger partial charge is 0.220 e. The van der Waals surface area contributed by atoms with Crippen molar-refractivity contribution in [1.82, 2.24) is 0 Å². The summed E-state index contributed by atoms with van der Waals surface area (Å²) in [6.07, 6.45) is 0. The van der Waals surface area contributed by atoms with Gasteiger partial charge in [-0.25, -0.2) is 10.5 Å². The predicted molar refractivity (Wildman–Crippen MR) is 94.3 cm³/mol. The maximum absolute atomic E-state index is 11.1. The summed E-state index contributed by atoms with van der Waals surface area (Å²) in [5.74, 6) is 0. The van der Waals surface area contributed by atoms with Crippen molar-refractivity contribution in [2.45, 2.75) is 0 Å². The van der Waals surface area contributed by atoms with Gasteiger partial charge in [0.15, 0.2) is 0 Å². The molecule has 0 rings (SSSR count). The largest absolute Gasteiger partial charge is 0.367 e. The summed E-state index contributed by atoms with van der Waals surface area (Å²) in [7, 11) is 0. The van der Waals surface area contributed by atoms with Crippen molar-refractivity contribution in [3.05, 3.63) is 0 Å². The third-order valence-electron chi connectivity index (χ3n) is 1.26. The van der Waals surface area contributed by atoms with E-state index in [-0.39, 0.29) is 0 Å². The van der Waals surface area contributed by atoms with E-state index in [0.29, 0.717) is 0 Å². The highest BCUT2D eigenvalue weighted by molar-refractivity contribution is 7.88. The topological polar surface area (TPSA) is 380 Å². The van der Waals surface area contributed by atoms with Crippen LogP contribution in [-0.4, -0.2) is 44.2 Å². The fourth-order valence-electron chi connectivity index (χ4n) is 0.515. The molecule has 0 bridgehead atoms. The normalized spacial score (nSPS) is 17.9. The zero-order valence-electron chi connectivity index (χ0n) is 16.4. The highest BCUT2D eigenvalue weighted by Gasteiger charge is 2.18. The van der Waals surface area contributed by atoms with Crippen LogP contribution in [0.4, 0.5) is 0 Å². The molecule has 0 radical (unpaired) electrons. The predicted octanol–water partition coefficient (Wildman–Crippen LogP) is -4.18. The Morgan fingerprint density at radius 1 is 0.275 bits per heavy atom. The zero-order valence-corrected chi connectivity index (χ0v) is 22.9. The van der Waals surface area contributed by atoms with Crippen LogP contribution < -0.4 is 0 Å². The minimum atomic E-state index is -3.24. The molecule has 8 unspecified atom stereocenters. The van der Waals surface area contributed by atoms with Gasteiger partial charge in [0.05, 0.1) is 0 Å². The van der Waals surface area contributed by atoms with Gasteiger partial charge in [0.25, 0.3) is 0 Å². The van der Waals surface area contributed by atoms with Crippen LogP contribution in [-0.2, 0) is 190 Å². The second-order valence-corrected chi connectivity index (χ2v) is 8.86. The van der Waals surface area contributed by atoms with Crippen LogP contribution in [0.3, 0.4) is 0 Å².